The molecule has 240 valence electrons. The number of benzene rings is 1. The summed E-state index contributed by atoms with van der Waals surface area (Å²) in [5.74, 6) is -5.68. The van der Waals surface area contributed by atoms with E-state index in [0.717, 1.165) is 17.7 Å². The molecule has 4 aromatic rings. The van der Waals surface area contributed by atoms with Crippen LogP contribution >= 0.6 is 0 Å². The van der Waals surface area contributed by atoms with Gasteiger partial charge in [-0.05, 0) is 55.7 Å². The van der Waals surface area contributed by atoms with Crippen LogP contribution in [0, 0.1) is 25.5 Å². The lowest BCUT2D eigenvalue weighted by Gasteiger charge is -2.18. The predicted octanol–water partition coefficient (Wildman–Crippen LogP) is 4.53. The molecule has 1 aromatic carbocycles. The van der Waals surface area contributed by atoms with Crippen LogP contribution in [0.3, 0.4) is 0 Å². The maximum absolute atomic E-state index is 14.1. The summed E-state index contributed by atoms with van der Waals surface area (Å²) in [5.41, 5.74) is 8.26. The standard InChI is InChI=1S/C27H27F2N5O4.C2HF3O2/c1-4-16-8-9-20(31-25(16)27(36)37)21(12-30)32-26(35)24-15(3)33-34-22(24)10-14(2)11-23(34)38-13-17-18(28)6-5-7-19(17)29;3-2(4,5)1(6)7/h5-11,21H,4,12-13,30H2,1-3H3,(H,32,35)(H,36,37);(H,6,7). The molecule has 3 heterocycles. The van der Waals surface area contributed by atoms with Crippen LogP contribution in [0.15, 0.2) is 42.5 Å². The number of fused-ring (bicyclic) bond motifs is 1. The summed E-state index contributed by atoms with van der Waals surface area (Å²) in [4.78, 5) is 38.2. The zero-order valence-corrected chi connectivity index (χ0v) is 24.1. The largest absolute Gasteiger partial charge is 0.490 e. The quantitative estimate of drug-likeness (QED) is 0.193. The molecular formula is C29H28F5N5O6. The van der Waals surface area contributed by atoms with Gasteiger partial charge in [0.2, 0.25) is 5.88 Å². The molecular weight excluding hydrogens is 609 g/mol. The molecule has 1 amide bonds. The highest BCUT2D eigenvalue weighted by molar-refractivity contribution is 6.02. The van der Waals surface area contributed by atoms with Crippen molar-refractivity contribution in [2.24, 2.45) is 5.73 Å². The number of aromatic nitrogens is 3. The number of carboxylic acids is 2. The molecule has 11 nitrogen and oxygen atoms in total. The van der Waals surface area contributed by atoms with Gasteiger partial charge in [0.1, 0.15) is 18.2 Å². The van der Waals surface area contributed by atoms with Crippen LogP contribution in [0.5, 0.6) is 5.88 Å². The molecule has 0 aliphatic carbocycles. The molecule has 3 aromatic heterocycles. The molecule has 0 bridgehead atoms. The van der Waals surface area contributed by atoms with Crippen LogP contribution in [0.4, 0.5) is 22.0 Å². The van der Waals surface area contributed by atoms with Crippen molar-refractivity contribution in [1.29, 1.82) is 0 Å². The second-order valence-electron chi connectivity index (χ2n) is 9.58. The lowest BCUT2D eigenvalue weighted by molar-refractivity contribution is -0.192. The van der Waals surface area contributed by atoms with Crippen molar-refractivity contribution in [2.75, 3.05) is 6.54 Å². The number of rotatable bonds is 9. The van der Waals surface area contributed by atoms with E-state index in [9.17, 15) is 36.6 Å². The fourth-order valence-electron chi connectivity index (χ4n) is 4.21. The first-order valence-electron chi connectivity index (χ1n) is 13.2. The van der Waals surface area contributed by atoms with Crippen LogP contribution in [-0.2, 0) is 17.8 Å². The van der Waals surface area contributed by atoms with Crippen LogP contribution in [0.1, 0.15) is 61.9 Å². The van der Waals surface area contributed by atoms with Crippen molar-refractivity contribution >= 4 is 23.4 Å². The monoisotopic (exact) mass is 637 g/mol. The van der Waals surface area contributed by atoms with Crippen molar-refractivity contribution in [2.45, 2.75) is 46.0 Å². The van der Waals surface area contributed by atoms with Gasteiger partial charge in [-0.1, -0.05) is 19.1 Å². The summed E-state index contributed by atoms with van der Waals surface area (Å²) in [7, 11) is 0. The molecule has 0 fully saturated rings. The molecule has 1 atom stereocenters. The molecule has 0 saturated heterocycles. The number of nitrogens with one attached hydrogen (secondary N) is 1. The van der Waals surface area contributed by atoms with E-state index in [-0.39, 0.29) is 35.9 Å². The van der Waals surface area contributed by atoms with Gasteiger partial charge in [0, 0.05) is 12.6 Å². The first-order valence-corrected chi connectivity index (χ1v) is 13.2. The zero-order chi connectivity index (χ0) is 33.6. The number of ether oxygens (including phenoxy) is 1. The molecule has 0 saturated carbocycles. The molecule has 0 aliphatic rings. The Kier molecular flexibility index (Phi) is 10.8. The van der Waals surface area contributed by atoms with Crippen molar-refractivity contribution in [3.05, 3.63) is 93.4 Å². The van der Waals surface area contributed by atoms with Crippen molar-refractivity contribution in [3.63, 3.8) is 0 Å². The lowest BCUT2D eigenvalue weighted by Crippen LogP contribution is -2.34. The summed E-state index contributed by atoms with van der Waals surface area (Å²) >= 11 is 0. The van der Waals surface area contributed by atoms with Gasteiger partial charge in [0.05, 0.1) is 34.1 Å². The Balaban J connectivity index is 0.000000707. The van der Waals surface area contributed by atoms with Crippen molar-refractivity contribution < 1.29 is 51.3 Å². The zero-order valence-electron chi connectivity index (χ0n) is 24.1. The number of aryl methyl sites for hydroxylation is 3. The minimum atomic E-state index is -5.08. The summed E-state index contributed by atoms with van der Waals surface area (Å²) in [5, 5.41) is 23.9. The third-order valence-electron chi connectivity index (χ3n) is 6.40. The highest BCUT2D eigenvalue weighted by Crippen LogP contribution is 2.26. The number of aromatic carboxylic acids is 1. The van der Waals surface area contributed by atoms with Gasteiger partial charge in [-0.15, -0.1) is 0 Å². The first kappa shape index (κ1) is 34.4. The third kappa shape index (κ3) is 8.08. The summed E-state index contributed by atoms with van der Waals surface area (Å²) in [6.45, 7) is 4.86. The van der Waals surface area contributed by atoms with Crippen LogP contribution in [-0.4, -0.2) is 55.4 Å². The number of alkyl halides is 3. The first-order chi connectivity index (χ1) is 21.1. The maximum atomic E-state index is 14.1. The number of hydrogen-bond donors (Lipinski definition) is 4. The number of carbonyl (C=O) groups is 3. The Morgan fingerprint density at radius 1 is 1.07 bits per heavy atom. The number of nitrogens with zero attached hydrogens (tertiary/aromatic N) is 3. The number of carbonyl (C=O) groups excluding carboxylic acids is 1. The van der Waals surface area contributed by atoms with Crippen LogP contribution in [0.2, 0.25) is 0 Å². The minimum Gasteiger partial charge on any atom is -0.477 e. The average molecular weight is 638 g/mol. The lowest BCUT2D eigenvalue weighted by atomic mass is 10.1. The summed E-state index contributed by atoms with van der Waals surface area (Å²) in [6, 6.07) is 9.49. The Morgan fingerprint density at radius 3 is 2.22 bits per heavy atom. The molecule has 0 aliphatic heterocycles. The van der Waals surface area contributed by atoms with E-state index >= 15 is 0 Å². The van der Waals surface area contributed by atoms with E-state index in [1.165, 1.54) is 10.6 Å². The minimum absolute atomic E-state index is 0.0247. The SMILES string of the molecule is CCc1ccc(C(CN)NC(=O)c2c(C)nn3c(OCc4c(F)cccc4F)cc(C)cc23)nc1C(=O)O.O=C(O)C(F)(F)F. The van der Waals surface area contributed by atoms with Gasteiger partial charge in [-0.2, -0.15) is 22.8 Å². The van der Waals surface area contributed by atoms with E-state index in [4.69, 9.17) is 20.4 Å². The predicted molar refractivity (Wildman–Crippen MR) is 149 cm³/mol. The van der Waals surface area contributed by atoms with Gasteiger partial charge in [-0.3, -0.25) is 4.79 Å². The molecule has 0 spiro atoms. The Hall–Kier alpha value is -5.12. The van der Waals surface area contributed by atoms with Gasteiger partial charge < -0.3 is 26.0 Å². The van der Waals surface area contributed by atoms with Gasteiger partial charge in [0.15, 0.2) is 5.69 Å². The second-order valence-corrected chi connectivity index (χ2v) is 9.58. The van der Waals surface area contributed by atoms with E-state index < -0.39 is 41.7 Å². The molecule has 45 heavy (non-hydrogen) atoms. The topological polar surface area (TPSA) is 169 Å². The summed E-state index contributed by atoms with van der Waals surface area (Å²) < 4.78 is 67.0. The Morgan fingerprint density at radius 2 is 1.69 bits per heavy atom. The normalized spacial score (nSPS) is 11.8. The van der Waals surface area contributed by atoms with E-state index in [1.54, 1.807) is 38.1 Å². The number of hydrogen-bond acceptors (Lipinski definition) is 7. The number of pyridine rings is 2. The average Bonchev–Trinajstić information content (AvgIpc) is 3.30. The summed E-state index contributed by atoms with van der Waals surface area (Å²) in [6.07, 6.45) is -4.59. The fourth-order valence-corrected chi connectivity index (χ4v) is 4.21. The molecule has 0 radical (unpaired) electrons. The number of carboxylic acid groups (broad SMARTS) is 2. The van der Waals surface area contributed by atoms with Crippen molar-refractivity contribution in [3.8, 4) is 5.88 Å². The fraction of sp³-hybridized carbons (Fsp3) is 0.276. The van der Waals surface area contributed by atoms with Gasteiger partial charge in [0.25, 0.3) is 5.91 Å². The van der Waals surface area contributed by atoms with E-state index in [0.29, 0.717) is 28.9 Å². The molecule has 4 rings (SSSR count). The smallest absolute Gasteiger partial charge is 0.477 e. The van der Waals surface area contributed by atoms with Gasteiger partial charge in [-0.25, -0.2) is 23.4 Å². The third-order valence-corrected chi connectivity index (χ3v) is 6.40. The molecule has 16 heteroatoms. The van der Waals surface area contributed by atoms with E-state index in [2.05, 4.69) is 15.4 Å². The second kappa shape index (κ2) is 14.1. The number of nitrogens with two attached hydrogens (primary N) is 1. The number of halogens is 5. The number of amides is 1. The molecule has 1 unspecified atom stereocenters. The molecule has 5 N–H and O–H groups in total. The van der Waals surface area contributed by atoms with Crippen molar-refractivity contribution in [1.82, 2.24) is 19.9 Å². The highest BCUT2D eigenvalue weighted by atomic mass is 19.4. The van der Waals surface area contributed by atoms with Crippen LogP contribution in [0.25, 0.3) is 5.52 Å². The maximum Gasteiger partial charge on any atom is 0.490 e. The van der Waals surface area contributed by atoms with E-state index in [1.807, 2.05) is 6.92 Å². The van der Waals surface area contributed by atoms with Gasteiger partial charge >= 0.3 is 18.1 Å². The van der Waals surface area contributed by atoms with Crippen LogP contribution < -0.4 is 15.8 Å². The Bertz CT molecular complexity index is 1720. The number of aliphatic carboxylic acids is 1. The highest BCUT2D eigenvalue weighted by Gasteiger charge is 2.38. The Labute approximate surface area is 252 Å².